The Morgan fingerprint density at radius 2 is 1.88 bits per heavy atom. The van der Waals surface area contributed by atoms with E-state index in [1.807, 2.05) is 0 Å². The molecule has 1 aliphatic rings. The first-order chi connectivity index (χ1) is 11.5. The minimum absolute atomic E-state index is 0.00553. The second-order valence-electron chi connectivity index (χ2n) is 5.31. The first kappa shape index (κ1) is 19.8. The molecule has 0 spiro atoms. The Kier molecular flexibility index (Phi) is 5.87. The number of hydrogen-bond donors (Lipinski definition) is 1. The molecule has 0 saturated carbocycles. The summed E-state index contributed by atoms with van der Waals surface area (Å²) in [5, 5.41) is 2.11. The van der Waals surface area contributed by atoms with Crippen LogP contribution in [0, 0.1) is 12.7 Å². The van der Waals surface area contributed by atoms with E-state index >= 15 is 0 Å². The molecule has 0 radical (unpaired) electrons. The molecule has 25 heavy (non-hydrogen) atoms. The van der Waals surface area contributed by atoms with Gasteiger partial charge in [0.1, 0.15) is 11.5 Å². The lowest BCUT2D eigenvalue weighted by Crippen LogP contribution is -2.52. The van der Waals surface area contributed by atoms with Gasteiger partial charge in [-0.15, -0.1) is 11.8 Å². The van der Waals surface area contributed by atoms with Crippen molar-refractivity contribution < 1.29 is 35.5 Å². The van der Waals surface area contributed by atoms with E-state index in [4.69, 9.17) is 4.74 Å². The van der Waals surface area contributed by atoms with Crippen molar-refractivity contribution in [2.24, 2.45) is 4.99 Å². The van der Waals surface area contributed by atoms with Gasteiger partial charge >= 0.3 is 12.4 Å². The molecule has 1 N–H and O–H groups in total. The standard InChI is InChI=1S/C14H13F7N2OS/c1-7-2-9(15)10(3-11(7)25-6-13(16,17)18)23-12(14(19,20)21)22-8-4-24-5-8/h2-3,8H,4-6H2,1H3,(H,22,23). The van der Waals surface area contributed by atoms with Gasteiger partial charge < -0.3 is 10.1 Å². The molecule has 0 bridgehead atoms. The molecule has 0 unspecified atom stereocenters. The summed E-state index contributed by atoms with van der Waals surface area (Å²) in [6.45, 7) is 1.47. The van der Waals surface area contributed by atoms with E-state index in [1.54, 1.807) is 0 Å². The summed E-state index contributed by atoms with van der Waals surface area (Å²) >= 11 is 0.358. The molecule has 1 aromatic carbocycles. The van der Waals surface area contributed by atoms with Crippen LogP contribution < -0.4 is 5.32 Å². The number of halogens is 7. The van der Waals surface area contributed by atoms with Crippen LogP contribution in [0.2, 0.25) is 0 Å². The topological polar surface area (TPSA) is 33.6 Å². The number of aliphatic imine (C=N–C) groups is 1. The zero-order chi connectivity index (χ0) is 18.8. The summed E-state index contributed by atoms with van der Waals surface area (Å²) in [4.78, 5) is 3.26. The van der Waals surface area contributed by atoms with E-state index in [1.165, 1.54) is 6.92 Å². The minimum atomic E-state index is -4.87. The van der Waals surface area contributed by atoms with E-state index in [9.17, 15) is 30.7 Å². The molecule has 0 atom stereocenters. The first-order valence-electron chi connectivity index (χ1n) is 6.95. The predicted octanol–water partition coefficient (Wildman–Crippen LogP) is 4.37. The highest BCUT2D eigenvalue weighted by molar-refractivity contribution is 7.99. The number of amidine groups is 1. The Morgan fingerprint density at radius 3 is 2.36 bits per heavy atom. The van der Waals surface area contributed by atoms with E-state index < -0.39 is 41.5 Å². The molecular weight excluding hydrogens is 377 g/mol. The number of nitrogens with one attached hydrogen (secondary N) is 1. The number of ether oxygens (including phenoxy) is 1. The van der Waals surface area contributed by atoms with E-state index in [0.717, 1.165) is 12.1 Å². The Balaban J connectivity index is 2.31. The number of nitrogens with zero attached hydrogens (tertiary/aromatic N) is 1. The number of rotatable bonds is 4. The Labute approximate surface area is 142 Å². The highest BCUT2D eigenvalue weighted by atomic mass is 32.2. The van der Waals surface area contributed by atoms with Crippen LogP contribution in [0.4, 0.5) is 36.4 Å². The van der Waals surface area contributed by atoms with Gasteiger partial charge in [-0.3, -0.25) is 0 Å². The van der Waals surface area contributed by atoms with E-state index in [0.29, 0.717) is 11.8 Å². The molecule has 3 nitrogen and oxygen atoms in total. The van der Waals surface area contributed by atoms with Crippen LogP contribution in [0.15, 0.2) is 22.0 Å². The second kappa shape index (κ2) is 7.40. The third kappa shape index (κ3) is 5.77. The summed E-state index contributed by atoms with van der Waals surface area (Å²) in [5.74, 6) is -3.72. The quantitative estimate of drug-likeness (QED) is 0.359. The summed E-state index contributed by atoms with van der Waals surface area (Å²) in [6.07, 6.45) is -9.33. The van der Waals surface area contributed by atoms with Crippen molar-refractivity contribution in [2.75, 3.05) is 19.0 Å². The lowest BCUT2D eigenvalue weighted by Gasteiger charge is -2.28. The van der Waals surface area contributed by atoms with Crippen molar-refractivity contribution in [3.8, 4) is 0 Å². The van der Waals surface area contributed by atoms with Crippen molar-refractivity contribution in [3.05, 3.63) is 23.5 Å². The van der Waals surface area contributed by atoms with E-state index in [-0.39, 0.29) is 23.7 Å². The third-order valence-electron chi connectivity index (χ3n) is 3.12. The molecule has 0 aromatic heterocycles. The van der Waals surface area contributed by atoms with Crippen molar-refractivity contribution in [3.63, 3.8) is 0 Å². The van der Waals surface area contributed by atoms with Crippen LogP contribution in [-0.2, 0) is 4.74 Å². The molecule has 11 heteroatoms. The molecule has 1 saturated heterocycles. The summed E-state index contributed by atoms with van der Waals surface area (Å²) in [5.41, 5.74) is -0.505. The van der Waals surface area contributed by atoms with Crippen molar-refractivity contribution in [1.82, 2.24) is 5.32 Å². The third-order valence-corrected chi connectivity index (χ3v) is 4.34. The molecule has 0 aliphatic carbocycles. The lowest BCUT2D eigenvalue weighted by atomic mass is 10.2. The second-order valence-corrected chi connectivity index (χ2v) is 6.33. The fraction of sp³-hybridized carbons (Fsp3) is 0.500. The number of alkyl halides is 6. The molecule has 1 aromatic rings. The van der Waals surface area contributed by atoms with Gasteiger partial charge in [-0.05, 0) is 24.6 Å². The summed E-state index contributed by atoms with van der Waals surface area (Å²) < 4.78 is 94.7. The normalized spacial score (nSPS) is 16.7. The van der Waals surface area contributed by atoms with Gasteiger partial charge in [0, 0.05) is 4.90 Å². The molecular formula is C14H13F7N2OS. The van der Waals surface area contributed by atoms with Gasteiger partial charge in [0.2, 0.25) is 5.84 Å². The van der Waals surface area contributed by atoms with Gasteiger partial charge in [-0.1, -0.05) is 0 Å². The Hall–Kier alpha value is -1.49. The van der Waals surface area contributed by atoms with Crippen LogP contribution >= 0.6 is 11.8 Å². The molecule has 1 fully saturated rings. The number of thioether (sulfide) groups is 1. The fourth-order valence-corrected chi connectivity index (χ4v) is 2.65. The maximum absolute atomic E-state index is 13.9. The molecule has 1 aliphatic heterocycles. The minimum Gasteiger partial charge on any atom is -0.377 e. The van der Waals surface area contributed by atoms with Crippen LogP contribution in [0.1, 0.15) is 5.56 Å². The fourth-order valence-electron chi connectivity index (χ4n) is 1.85. The number of hydrogen-bond acceptors (Lipinski definition) is 3. The molecule has 1 heterocycles. The molecule has 0 amide bonds. The lowest BCUT2D eigenvalue weighted by molar-refractivity contribution is -0.105. The Morgan fingerprint density at radius 1 is 1.24 bits per heavy atom. The van der Waals surface area contributed by atoms with Gasteiger partial charge in [-0.2, -0.15) is 26.3 Å². The van der Waals surface area contributed by atoms with E-state index in [2.05, 4.69) is 10.3 Å². The number of benzene rings is 1. The average molecular weight is 390 g/mol. The van der Waals surface area contributed by atoms with Crippen LogP contribution in [0.25, 0.3) is 0 Å². The summed E-state index contributed by atoms with van der Waals surface area (Å²) in [7, 11) is 0. The van der Waals surface area contributed by atoms with Crippen molar-refractivity contribution in [1.29, 1.82) is 0 Å². The zero-order valence-corrected chi connectivity index (χ0v) is 13.6. The summed E-state index contributed by atoms with van der Waals surface area (Å²) in [6, 6.07) is 1.14. The van der Waals surface area contributed by atoms with Crippen molar-refractivity contribution in [2.45, 2.75) is 30.2 Å². The van der Waals surface area contributed by atoms with Crippen LogP contribution in [0.3, 0.4) is 0 Å². The zero-order valence-electron chi connectivity index (χ0n) is 12.8. The smallest absolute Gasteiger partial charge is 0.377 e. The van der Waals surface area contributed by atoms with Gasteiger partial charge in [0.05, 0.1) is 25.0 Å². The molecule has 2 rings (SSSR count). The average Bonchev–Trinajstić information content (AvgIpc) is 2.39. The Bertz CT molecular complexity index is 654. The molecule has 140 valence electrons. The van der Waals surface area contributed by atoms with Gasteiger partial charge in [0.25, 0.3) is 0 Å². The van der Waals surface area contributed by atoms with Gasteiger partial charge in [-0.25, -0.2) is 9.38 Å². The maximum Gasteiger partial charge on any atom is 0.449 e. The van der Waals surface area contributed by atoms with Crippen LogP contribution in [-0.4, -0.2) is 43.2 Å². The SMILES string of the molecule is Cc1cc(F)c(/N=C(/NC2COC2)C(F)(F)F)cc1SCC(F)(F)F. The maximum atomic E-state index is 13.9. The predicted molar refractivity (Wildman–Crippen MR) is 78.8 cm³/mol. The monoisotopic (exact) mass is 390 g/mol. The van der Waals surface area contributed by atoms with Gasteiger partial charge in [0.15, 0.2) is 0 Å². The van der Waals surface area contributed by atoms with Crippen LogP contribution in [0.5, 0.6) is 0 Å². The van der Waals surface area contributed by atoms with Crippen molar-refractivity contribution >= 4 is 23.3 Å². The highest BCUT2D eigenvalue weighted by Crippen LogP contribution is 2.34. The first-order valence-corrected chi connectivity index (χ1v) is 7.94. The highest BCUT2D eigenvalue weighted by Gasteiger charge is 2.39. The number of aryl methyl sites for hydroxylation is 1. The largest absolute Gasteiger partial charge is 0.449 e.